The smallest absolute Gasteiger partial charge is 0.325 e. The fourth-order valence-corrected chi connectivity index (χ4v) is 4.08. The quantitative estimate of drug-likeness (QED) is 0.708. The summed E-state index contributed by atoms with van der Waals surface area (Å²) in [6.45, 7) is 2.66. The monoisotopic (exact) mass is 350 g/mol. The van der Waals surface area contributed by atoms with Gasteiger partial charge < -0.3 is 16.0 Å². The summed E-state index contributed by atoms with van der Waals surface area (Å²) in [5.41, 5.74) is 4.50. The van der Waals surface area contributed by atoms with E-state index in [-0.39, 0.29) is 30.8 Å². The van der Waals surface area contributed by atoms with Gasteiger partial charge in [-0.2, -0.15) is 0 Å². The Hall–Kier alpha value is -2.12. The molecule has 25 heavy (non-hydrogen) atoms. The minimum absolute atomic E-state index is 0.264. The molecule has 3 fully saturated rings. The van der Waals surface area contributed by atoms with Crippen molar-refractivity contribution in [3.05, 3.63) is 0 Å². The molecular weight excluding hydrogens is 324 g/mol. The minimum Gasteiger partial charge on any atom is -0.369 e. The molecule has 5 amide bonds. The van der Waals surface area contributed by atoms with Gasteiger partial charge in [0.25, 0.3) is 5.91 Å². The van der Waals surface area contributed by atoms with Gasteiger partial charge in [-0.15, -0.1) is 0 Å². The molecule has 8 nitrogen and oxygen atoms in total. The molecule has 1 aliphatic carbocycles. The summed E-state index contributed by atoms with van der Waals surface area (Å²) in [7, 11) is 0. The number of hydrogen-bond acceptors (Lipinski definition) is 4. The standard InChI is InChI=1S/C17H26N4O4/c1-11-4-6-17(7-5-11)15(24)21(16(25)19-17)10-13(22)20-8-2-3-12(9-20)14(18)23/h11-12H,2-10H2,1H3,(H2,18,23)(H,19,25)/t11?,12-,17?/m0/s1. The molecule has 8 heteroatoms. The Balaban J connectivity index is 1.64. The molecule has 2 aliphatic heterocycles. The second kappa shape index (κ2) is 6.65. The number of piperidine rings is 1. The Kier molecular flexibility index (Phi) is 4.71. The number of hydrogen-bond donors (Lipinski definition) is 2. The van der Waals surface area contributed by atoms with Crippen LogP contribution in [0.15, 0.2) is 0 Å². The van der Waals surface area contributed by atoms with Gasteiger partial charge in [0.2, 0.25) is 11.8 Å². The highest BCUT2D eigenvalue weighted by molar-refractivity contribution is 6.09. The van der Waals surface area contributed by atoms with Crippen molar-refractivity contribution in [2.24, 2.45) is 17.6 Å². The van der Waals surface area contributed by atoms with Crippen LogP contribution in [0, 0.1) is 11.8 Å². The van der Waals surface area contributed by atoms with Crippen molar-refractivity contribution in [3.63, 3.8) is 0 Å². The highest BCUT2D eigenvalue weighted by atomic mass is 16.2. The number of carbonyl (C=O) groups is 4. The maximum Gasteiger partial charge on any atom is 0.325 e. The van der Waals surface area contributed by atoms with Crippen LogP contribution in [0.2, 0.25) is 0 Å². The number of nitrogens with two attached hydrogens (primary N) is 1. The Labute approximate surface area is 147 Å². The van der Waals surface area contributed by atoms with Crippen LogP contribution in [0.5, 0.6) is 0 Å². The fourth-order valence-electron chi connectivity index (χ4n) is 4.08. The number of amides is 5. The summed E-state index contributed by atoms with van der Waals surface area (Å²) >= 11 is 0. The molecule has 2 heterocycles. The van der Waals surface area contributed by atoms with Crippen molar-refractivity contribution in [3.8, 4) is 0 Å². The number of nitrogens with one attached hydrogen (secondary N) is 1. The zero-order valence-electron chi connectivity index (χ0n) is 14.6. The highest BCUT2D eigenvalue weighted by Crippen LogP contribution is 2.36. The van der Waals surface area contributed by atoms with E-state index in [1.165, 1.54) is 4.90 Å². The predicted octanol–water partition coefficient (Wildman–Crippen LogP) is 0.211. The van der Waals surface area contributed by atoms with E-state index in [0.29, 0.717) is 38.1 Å². The molecule has 1 spiro atoms. The van der Waals surface area contributed by atoms with Gasteiger partial charge in [0.15, 0.2) is 0 Å². The number of imide groups is 1. The summed E-state index contributed by atoms with van der Waals surface area (Å²) in [5, 5.41) is 2.82. The van der Waals surface area contributed by atoms with Crippen LogP contribution in [0.1, 0.15) is 45.4 Å². The lowest BCUT2D eigenvalue weighted by Gasteiger charge is -2.34. The van der Waals surface area contributed by atoms with E-state index in [0.717, 1.165) is 17.7 Å². The topological polar surface area (TPSA) is 113 Å². The van der Waals surface area contributed by atoms with E-state index in [9.17, 15) is 19.2 Å². The first-order valence-electron chi connectivity index (χ1n) is 9.03. The van der Waals surface area contributed by atoms with Gasteiger partial charge in [0.05, 0.1) is 5.92 Å². The Morgan fingerprint density at radius 2 is 1.92 bits per heavy atom. The van der Waals surface area contributed by atoms with Crippen LogP contribution < -0.4 is 11.1 Å². The Morgan fingerprint density at radius 3 is 2.56 bits per heavy atom. The SMILES string of the molecule is CC1CCC2(CC1)NC(=O)N(CC(=O)N1CCC[C@H](C(N)=O)C1)C2=O. The molecule has 0 bridgehead atoms. The second-order valence-corrected chi connectivity index (χ2v) is 7.67. The van der Waals surface area contributed by atoms with E-state index in [2.05, 4.69) is 12.2 Å². The van der Waals surface area contributed by atoms with Crippen molar-refractivity contribution in [1.82, 2.24) is 15.1 Å². The van der Waals surface area contributed by atoms with Crippen molar-refractivity contribution in [1.29, 1.82) is 0 Å². The van der Waals surface area contributed by atoms with Crippen LogP contribution in [0.25, 0.3) is 0 Å². The third kappa shape index (κ3) is 3.34. The fraction of sp³-hybridized carbons (Fsp3) is 0.765. The van der Waals surface area contributed by atoms with Gasteiger partial charge in [-0.3, -0.25) is 19.3 Å². The summed E-state index contributed by atoms with van der Waals surface area (Å²) in [5.74, 6) is -0.822. The van der Waals surface area contributed by atoms with Gasteiger partial charge >= 0.3 is 6.03 Å². The van der Waals surface area contributed by atoms with Crippen molar-refractivity contribution in [2.75, 3.05) is 19.6 Å². The third-order valence-corrected chi connectivity index (χ3v) is 5.84. The maximum absolute atomic E-state index is 12.8. The summed E-state index contributed by atoms with van der Waals surface area (Å²) in [4.78, 5) is 51.5. The first-order valence-corrected chi connectivity index (χ1v) is 9.03. The van der Waals surface area contributed by atoms with Gasteiger partial charge in [-0.05, 0) is 44.4 Å². The molecule has 3 rings (SSSR count). The molecule has 0 unspecified atom stereocenters. The van der Waals surface area contributed by atoms with Crippen LogP contribution in [0.4, 0.5) is 4.79 Å². The Morgan fingerprint density at radius 1 is 1.24 bits per heavy atom. The van der Waals surface area contributed by atoms with Gasteiger partial charge in [-0.25, -0.2) is 4.79 Å². The van der Waals surface area contributed by atoms with Crippen molar-refractivity contribution < 1.29 is 19.2 Å². The summed E-state index contributed by atoms with van der Waals surface area (Å²) < 4.78 is 0. The number of primary amides is 1. The van der Waals surface area contributed by atoms with E-state index >= 15 is 0 Å². The molecule has 1 atom stereocenters. The van der Waals surface area contributed by atoms with Gasteiger partial charge in [0.1, 0.15) is 12.1 Å². The molecule has 2 saturated heterocycles. The average molecular weight is 350 g/mol. The minimum atomic E-state index is -0.832. The molecule has 0 aromatic carbocycles. The second-order valence-electron chi connectivity index (χ2n) is 7.67. The first kappa shape index (κ1) is 17.7. The molecule has 0 aromatic heterocycles. The van der Waals surface area contributed by atoms with Crippen LogP contribution >= 0.6 is 0 Å². The van der Waals surface area contributed by atoms with E-state index in [4.69, 9.17) is 5.73 Å². The zero-order chi connectivity index (χ0) is 18.2. The van der Waals surface area contributed by atoms with Crippen molar-refractivity contribution >= 4 is 23.8 Å². The van der Waals surface area contributed by atoms with Crippen LogP contribution in [-0.4, -0.2) is 58.7 Å². The first-order chi connectivity index (χ1) is 11.8. The molecule has 138 valence electrons. The molecule has 3 aliphatic rings. The summed E-state index contributed by atoms with van der Waals surface area (Å²) in [6, 6.07) is -0.489. The van der Waals surface area contributed by atoms with E-state index in [1.54, 1.807) is 0 Å². The number of likely N-dealkylation sites (tertiary alicyclic amines) is 1. The number of carbonyl (C=O) groups excluding carboxylic acids is 4. The highest BCUT2D eigenvalue weighted by Gasteiger charge is 2.52. The van der Waals surface area contributed by atoms with Crippen LogP contribution in [-0.2, 0) is 14.4 Å². The summed E-state index contributed by atoms with van der Waals surface area (Å²) in [6.07, 6.45) is 4.39. The molecule has 3 N–H and O–H groups in total. The molecule has 0 radical (unpaired) electrons. The lowest BCUT2D eigenvalue weighted by molar-refractivity contribution is -0.141. The number of urea groups is 1. The van der Waals surface area contributed by atoms with Crippen molar-refractivity contribution in [2.45, 2.75) is 51.0 Å². The lowest BCUT2D eigenvalue weighted by Crippen LogP contribution is -2.51. The number of rotatable bonds is 3. The maximum atomic E-state index is 12.8. The Bertz CT molecular complexity index is 597. The largest absolute Gasteiger partial charge is 0.369 e. The lowest BCUT2D eigenvalue weighted by atomic mass is 9.77. The van der Waals surface area contributed by atoms with Gasteiger partial charge in [-0.1, -0.05) is 6.92 Å². The van der Waals surface area contributed by atoms with E-state index in [1.807, 2.05) is 0 Å². The van der Waals surface area contributed by atoms with Gasteiger partial charge in [0, 0.05) is 13.1 Å². The third-order valence-electron chi connectivity index (χ3n) is 5.84. The molecule has 0 aromatic rings. The molecular formula is C17H26N4O4. The molecule has 1 saturated carbocycles. The zero-order valence-corrected chi connectivity index (χ0v) is 14.6. The van der Waals surface area contributed by atoms with E-state index < -0.39 is 17.5 Å². The predicted molar refractivity (Wildman–Crippen MR) is 89.1 cm³/mol. The average Bonchev–Trinajstić information content (AvgIpc) is 2.82. The normalized spacial score (nSPS) is 32.8. The number of nitrogens with zero attached hydrogens (tertiary/aromatic N) is 2. The van der Waals surface area contributed by atoms with Crippen LogP contribution in [0.3, 0.4) is 0 Å².